The molecule has 0 aromatic heterocycles. The van der Waals surface area contributed by atoms with E-state index >= 15 is 0 Å². The molecule has 0 amide bonds. The zero-order chi connectivity index (χ0) is 15.0. The predicted molar refractivity (Wildman–Crippen MR) is 80.5 cm³/mol. The van der Waals surface area contributed by atoms with Gasteiger partial charge in [-0.25, -0.2) is 0 Å². The summed E-state index contributed by atoms with van der Waals surface area (Å²) in [4.78, 5) is 10.6. The van der Waals surface area contributed by atoms with Gasteiger partial charge < -0.3 is 10.4 Å². The zero-order valence-electron chi connectivity index (χ0n) is 12.9. The predicted octanol–water partition coefficient (Wildman–Crippen LogP) is 3.09. The second-order valence-corrected chi connectivity index (χ2v) is 7.01. The van der Waals surface area contributed by atoms with Crippen molar-refractivity contribution in [3.63, 3.8) is 0 Å². The van der Waals surface area contributed by atoms with Crippen LogP contribution in [0.25, 0.3) is 0 Å². The van der Waals surface area contributed by atoms with Gasteiger partial charge in [0.1, 0.15) is 0 Å². The van der Waals surface area contributed by atoms with Crippen LogP contribution in [0.5, 0.6) is 0 Å². The summed E-state index contributed by atoms with van der Waals surface area (Å²) in [5, 5.41) is 12.3. The molecule has 0 unspecified atom stereocenters. The first-order valence-corrected chi connectivity index (χ1v) is 7.25. The minimum atomic E-state index is -0.783. The molecule has 3 heteroatoms. The molecule has 2 N–H and O–H groups in total. The van der Waals surface area contributed by atoms with E-state index in [1.165, 1.54) is 5.56 Å². The smallest absolute Gasteiger partial charge is 0.307 e. The third-order valence-electron chi connectivity index (χ3n) is 5.38. The van der Waals surface area contributed by atoms with Gasteiger partial charge in [-0.3, -0.25) is 4.79 Å². The molecule has 0 heterocycles. The van der Waals surface area contributed by atoms with Gasteiger partial charge in [-0.2, -0.15) is 0 Å². The van der Waals surface area contributed by atoms with Gasteiger partial charge in [0.25, 0.3) is 0 Å². The second-order valence-electron chi connectivity index (χ2n) is 7.01. The van der Waals surface area contributed by atoms with Gasteiger partial charge in [-0.05, 0) is 34.4 Å². The van der Waals surface area contributed by atoms with Gasteiger partial charge in [0.2, 0.25) is 0 Å². The summed E-state index contributed by atoms with van der Waals surface area (Å²) in [5.41, 5.74) is 2.90. The van der Waals surface area contributed by atoms with Gasteiger partial charge in [0.15, 0.2) is 0 Å². The quantitative estimate of drug-likeness (QED) is 0.839. The Labute approximate surface area is 121 Å². The Morgan fingerprint density at radius 1 is 1.10 bits per heavy atom. The topological polar surface area (TPSA) is 49.3 Å². The van der Waals surface area contributed by atoms with E-state index in [4.69, 9.17) is 5.11 Å². The Kier molecular flexibility index (Phi) is 3.92. The largest absolute Gasteiger partial charge is 0.481 e. The van der Waals surface area contributed by atoms with E-state index in [9.17, 15) is 4.79 Å². The third-order valence-corrected chi connectivity index (χ3v) is 5.38. The molecule has 1 aliphatic rings. The van der Waals surface area contributed by atoms with Crippen molar-refractivity contribution in [2.45, 2.75) is 40.7 Å². The minimum Gasteiger partial charge on any atom is -0.481 e. The summed E-state index contributed by atoms with van der Waals surface area (Å²) in [6, 6.07) is 7.81. The number of carboxylic acid groups (broad SMARTS) is 1. The fraction of sp³-hybridized carbons (Fsp3) is 0.588. The second kappa shape index (κ2) is 5.21. The van der Waals surface area contributed by atoms with Crippen LogP contribution >= 0.6 is 0 Å². The molecule has 1 saturated carbocycles. The maximum atomic E-state index is 10.6. The summed E-state index contributed by atoms with van der Waals surface area (Å²) >= 11 is 0. The first-order chi connectivity index (χ1) is 9.25. The Bertz CT molecular complexity index is 474. The molecule has 1 aromatic carbocycles. The highest BCUT2D eigenvalue weighted by Crippen LogP contribution is 2.67. The van der Waals surface area contributed by atoms with Crippen molar-refractivity contribution in [1.82, 2.24) is 5.32 Å². The van der Waals surface area contributed by atoms with Crippen molar-refractivity contribution in [2.24, 2.45) is 16.7 Å². The molecule has 0 atom stereocenters. The molecule has 1 aliphatic carbocycles. The van der Waals surface area contributed by atoms with Gasteiger partial charge in [0.05, 0.1) is 6.42 Å². The zero-order valence-corrected chi connectivity index (χ0v) is 12.9. The highest BCUT2D eigenvalue weighted by atomic mass is 16.4. The number of carbonyl (C=O) groups is 1. The van der Waals surface area contributed by atoms with Crippen LogP contribution in [0.15, 0.2) is 24.3 Å². The average Bonchev–Trinajstić information content (AvgIpc) is 2.73. The lowest BCUT2D eigenvalue weighted by Gasteiger charge is -2.07. The Morgan fingerprint density at radius 3 is 2.05 bits per heavy atom. The lowest BCUT2D eigenvalue weighted by Crippen LogP contribution is -2.18. The van der Waals surface area contributed by atoms with Crippen LogP contribution in [0.3, 0.4) is 0 Å². The first-order valence-electron chi connectivity index (χ1n) is 7.25. The van der Waals surface area contributed by atoms with E-state index in [1.807, 2.05) is 24.3 Å². The van der Waals surface area contributed by atoms with Crippen molar-refractivity contribution in [3.8, 4) is 0 Å². The van der Waals surface area contributed by atoms with E-state index in [1.54, 1.807) is 0 Å². The van der Waals surface area contributed by atoms with Gasteiger partial charge >= 0.3 is 5.97 Å². The van der Waals surface area contributed by atoms with Crippen molar-refractivity contribution in [2.75, 3.05) is 6.54 Å². The lowest BCUT2D eigenvalue weighted by atomic mass is 10.0. The monoisotopic (exact) mass is 275 g/mol. The fourth-order valence-electron chi connectivity index (χ4n) is 3.15. The molecule has 2 rings (SSSR count). The van der Waals surface area contributed by atoms with Crippen molar-refractivity contribution >= 4 is 5.97 Å². The molecular formula is C17H25NO2. The summed E-state index contributed by atoms with van der Waals surface area (Å²) in [5.74, 6) is -0.0599. The van der Waals surface area contributed by atoms with Crippen molar-refractivity contribution < 1.29 is 9.90 Å². The molecule has 0 spiro atoms. The highest BCUT2D eigenvalue weighted by molar-refractivity contribution is 5.70. The molecular weight excluding hydrogens is 250 g/mol. The fourth-order valence-corrected chi connectivity index (χ4v) is 3.15. The highest BCUT2D eigenvalue weighted by Gasteiger charge is 2.63. The average molecular weight is 275 g/mol. The van der Waals surface area contributed by atoms with Crippen molar-refractivity contribution in [1.29, 1.82) is 0 Å². The van der Waals surface area contributed by atoms with Gasteiger partial charge in [0, 0.05) is 6.54 Å². The van der Waals surface area contributed by atoms with Crippen LogP contribution < -0.4 is 5.32 Å². The van der Waals surface area contributed by atoms with Crippen molar-refractivity contribution in [3.05, 3.63) is 35.4 Å². The van der Waals surface area contributed by atoms with E-state index in [0.717, 1.165) is 24.6 Å². The van der Waals surface area contributed by atoms with Gasteiger partial charge in [-0.1, -0.05) is 52.0 Å². The molecule has 0 bridgehead atoms. The Balaban J connectivity index is 1.79. The number of rotatable bonds is 6. The molecule has 110 valence electrons. The van der Waals surface area contributed by atoms with E-state index in [0.29, 0.717) is 10.8 Å². The van der Waals surface area contributed by atoms with E-state index < -0.39 is 5.97 Å². The maximum absolute atomic E-state index is 10.6. The SMILES string of the molecule is CC1(C)C(CNCc2ccc(CC(=O)O)cc2)C1(C)C. The van der Waals surface area contributed by atoms with E-state index in [2.05, 4.69) is 33.0 Å². The summed E-state index contributed by atoms with van der Waals surface area (Å²) in [6.45, 7) is 11.2. The van der Waals surface area contributed by atoms with Crippen LogP contribution in [-0.4, -0.2) is 17.6 Å². The summed E-state index contributed by atoms with van der Waals surface area (Å²) < 4.78 is 0. The lowest BCUT2D eigenvalue weighted by molar-refractivity contribution is -0.136. The standard InChI is InChI=1S/C17H25NO2/c1-16(2)14(17(16,3)4)11-18-10-13-7-5-12(6-8-13)9-15(19)20/h5-8,14,18H,9-11H2,1-4H3,(H,19,20). The molecule has 1 aromatic rings. The molecule has 20 heavy (non-hydrogen) atoms. The summed E-state index contributed by atoms with van der Waals surface area (Å²) in [6.07, 6.45) is 0.0954. The molecule has 1 fully saturated rings. The van der Waals surface area contributed by atoms with Crippen LogP contribution in [-0.2, 0) is 17.8 Å². The van der Waals surface area contributed by atoms with E-state index in [-0.39, 0.29) is 6.42 Å². The first kappa shape index (κ1) is 15.0. The number of carboxylic acids is 1. The third kappa shape index (κ3) is 2.88. The van der Waals surface area contributed by atoms with Crippen LogP contribution in [0, 0.1) is 16.7 Å². The normalized spacial score (nSPS) is 19.8. The molecule has 0 radical (unpaired) electrons. The Morgan fingerprint density at radius 2 is 1.60 bits per heavy atom. The number of aliphatic carboxylic acids is 1. The number of benzene rings is 1. The van der Waals surface area contributed by atoms with Crippen LogP contribution in [0.4, 0.5) is 0 Å². The minimum absolute atomic E-state index is 0.0954. The number of hydrogen-bond donors (Lipinski definition) is 2. The molecule has 3 nitrogen and oxygen atoms in total. The molecule has 0 saturated heterocycles. The van der Waals surface area contributed by atoms with Crippen LogP contribution in [0.2, 0.25) is 0 Å². The maximum Gasteiger partial charge on any atom is 0.307 e. The number of nitrogens with one attached hydrogen (secondary N) is 1. The Hall–Kier alpha value is -1.35. The van der Waals surface area contributed by atoms with Crippen LogP contribution in [0.1, 0.15) is 38.8 Å². The summed E-state index contributed by atoms with van der Waals surface area (Å²) in [7, 11) is 0. The van der Waals surface area contributed by atoms with Gasteiger partial charge in [-0.15, -0.1) is 0 Å². The number of hydrogen-bond acceptors (Lipinski definition) is 2. The molecule has 0 aliphatic heterocycles.